The van der Waals surface area contributed by atoms with Gasteiger partial charge in [-0.2, -0.15) is 5.10 Å². The normalized spacial score (nSPS) is 11.3. The van der Waals surface area contributed by atoms with Gasteiger partial charge >= 0.3 is 5.97 Å². The third kappa shape index (κ3) is 3.50. The molecule has 8 nitrogen and oxygen atoms in total. The SMILES string of the molecule is COCc1nn2c(ncc3c(=O)n(CCCC(=O)O)ccc32)c1-c1ccccc1. The molecule has 3 aromatic heterocycles. The summed E-state index contributed by atoms with van der Waals surface area (Å²) in [7, 11) is 1.61. The molecule has 0 radical (unpaired) electrons. The Hall–Kier alpha value is -3.52. The predicted octanol–water partition coefficient (Wildman–Crippen LogP) is 2.72. The number of aliphatic carboxylic acids is 1. The van der Waals surface area contributed by atoms with Gasteiger partial charge in [0.2, 0.25) is 0 Å². The van der Waals surface area contributed by atoms with Gasteiger partial charge < -0.3 is 14.4 Å². The Balaban J connectivity index is 1.87. The fourth-order valence-electron chi connectivity index (χ4n) is 3.47. The van der Waals surface area contributed by atoms with Crippen molar-refractivity contribution in [1.82, 2.24) is 19.2 Å². The summed E-state index contributed by atoms with van der Waals surface area (Å²) in [5.41, 5.74) is 3.67. The maximum absolute atomic E-state index is 12.8. The number of fused-ring (bicyclic) bond motifs is 3. The fourth-order valence-corrected chi connectivity index (χ4v) is 3.47. The monoisotopic (exact) mass is 392 g/mol. The molecule has 4 rings (SSSR count). The highest BCUT2D eigenvalue weighted by molar-refractivity contribution is 5.86. The molecule has 1 aromatic carbocycles. The maximum Gasteiger partial charge on any atom is 0.303 e. The third-order valence-corrected chi connectivity index (χ3v) is 4.79. The summed E-state index contributed by atoms with van der Waals surface area (Å²) in [6.45, 7) is 0.656. The second-order valence-electron chi connectivity index (χ2n) is 6.72. The number of nitrogens with zero attached hydrogens (tertiary/aromatic N) is 4. The molecule has 0 saturated carbocycles. The molecule has 0 aliphatic carbocycles. The number of aromatic nitrogens is 4. The maximum atomic E-state index is 12.8. The van der Waals surface area contributed by atoms with E-state index in [9.17, 15) is 9.59 Å². The predicted molar refractivity (Wildman–Crippen MR) is 108 cm³/mol. The molecule has 148 valence electrons. The van der Waals surface area contributed by atoms with Crippen molar-refractivity contribution in [3.8, 4) is 11.1 Å². The second kappa shape index (κ2) is 7.84. The first-order valence-corrected chi connectivity index (χ1v) is 9.26. The van der Waals surface area contributed by atoms with Crippen LogP contribution in [0.4, 0.5) is 0 Å². The Morgan fingerprint density at radius 3 is 2.72 bits per heavy atom. The lowest BCUT2D eigenvalue weighted by molar-refractivity contribution is -0.137. The summed E-state index contributed by atoms with van der Waals surface area (Å²) in [5.74, 6) is -0.877. The summed E-state index contributed by atoms with van der Waals surface area (Å²) in [6.07, 6.45) is 3.63. The van der Waals surface area contributed by atoms with E-state index in [1.807, 2.05) is 36.4 Å². The Bertz CT molecular complexity index is 1240. The summed E-state index contributed by atoms with van der Waals surface area (Å²) in [6, 6.07) is 11.6. The molecule has 29 heavy (non-hydrogen) atoms. The molecule has 1 N–H and O–H groups in total. The lowest BCUT2D eigenvalue weighted by Gasteiger charge is -2.07. The topological polar surface area (TPSA) is 98.7 Å². The van der Waals surface area contributed by atoms with Crippen LogP contribution in [0.15, 0.2) is 53.6 Å². The van der Waals surface area contributed by atoms with E-state index in [1.54, 1.807) is 24.0 Å². The van der Waals surface area contributed by atoms with Crippen LogP contribution in [0.2, 0.25) is 0 Å². The largest absolute Gasteiger partial charge is 0.481 e. The van der Waals surface area contributed by atoms with Crippen molar-refractivity contribution in [2.45, 2.75) is 26.0 Å². The van der Waals surface area contributed by atoms with E-state index in [2.05, 4.69) is 10.1 Å². The first-order chi connectivity index (χ1) is 14.1. The molecule has 0 aliphatic rings. The molecule has 0 fully saturated rings. The highest BCUT2D eigenvalue weighted by Crippen LogP contribution is 2.29. The molecule has 4 aromatic rings. The Labute approximate surface area is 166 Å². The molecule has 0 bridgehead atoms. The van der Waals surface area contributed by atoms with E-state index in [0.717, 1.165) is 16.8 Å². The molecule has 0 saturated heterocycles. The molecule has 0 aliphatic heterocycles. The molecular formula is C21H20N4O4. The number of methoxy groups -OCH3 is 1. The number of carboxylic acid groups (broad SMARTS) is 1. The molecule has 3 heterocycles. The lowest BCUT2D eigenvalue weighted by Crippen LogP contribution is -2.21. The first-order valence-electron chi connectivity index (χ1n) is 9.26. The minimum Gasteiger partial charge on any atom is -0.481 e. The number of benzene rings is 1. The number of ether oxygens (including phenoxy) is 1. The Morgan fingerprint density at radius 2 is 2.00 bits per heavy atom. The van der Waals surface area contributed by atoms with Crippen molar-refractivity contribution in [3.05, 3.63) is 64.8 Å². The zero-order valence-electron chi connectivity index (χ0n) is 15.9. The van der Waals surface area contributed by atoms with Crippen LogP contribution in [0, 0.1) is 0 Å². The van der Waals surface area contributed by atoms with E-state index >= 15 is 0 Å². The van der Waals surface area contributed by atoms with Gasteiger partial charge in [-0.3, -0.25) is 9.59 Å². The van der Waals surface area contributed by atoms with Crippen molar-refractivity contribution >= 4 is 22.5 Å². The van der Waals surface area contributed by atoms with Crippen molar-refractivity contribution < 1.29 is 14.6 Å². The summed E-state index contributed by atoms with van der Waals surface area (Å²) in [5, 5.41) is 13.9. The molecule has 0 spiro atoms. The minimum absolute atomic E-state index is 0.0156. The standard InChI is InChI=1S/C21H20N4O4/c1-29-13-16-19(14-6-3-2-4-7-14)20-22-12-15-17(25(20)23-16)9-11-24(21(15)28)10-5-8-18(26)27/h2-4,6-7,9,11-12H,5,8,10,13H2,1H3,(H,26,27). The molecule has 0 amide bonds. The van der Waals surface area contributed by atoms with Gasteiger partial charge in [0.05, 0.1) is 28.8 Å². The zero-order valence-corrected chi connectivity index (χ0v) is 15.9. The van der Waals surface area contributed by atoms with Crippen LogP contribution in [0.5, 0.6) is 0 Å². The van der Waals surface area contributed by atoms with Gasteiger partial charge in [0, 0.05) is 32.5 Å². The highest BCUT2D eigenvalue weighted by Gasteiger charge is 2.18. The minimum atomic E-state index is -0.877. The number of hydrogen-bond donors (Lipinski definition) is 1. The Morgan fingerprint density at radius 1 is 1.21 bits per heavy atom. The summed E-state index contributed by atoms with van der Waals surface area (Å²) < 4.78 is 8.51. The molecule has 0 unspecified atom stereocenters. The van der Waals surface area contributed by atoms with Gasteiger partial charge in [-0.05, 0) is 18.1 Å². The van der Waals surface area contributed by atoms with Crippen molar-refractivity contribution in [1.29, 1.82) is 0 Å². The van der Waals surface area contributed by atoms with Gasteiger partial charge in [-0.15, -0.1) is 0 Å². The number of carbonyl (C=O) groups is 1. The fraction of sp³-hybridized carbons (Fsp3) is 0.238. The lowest BCUT2D eigenvalue weighted by atomic mass is 10.1. The van der Waals surface area contributed by atoms with E-state index in [0.29, 0.717) is 36.1 Å². The number of rotatable bonds is 7. The van der Waals surface area contributed by atoms with Crippen LogP contribution >= 0.6 is 0 Å². The van der Waals surface area contributed by atoms with Crippen LogP contribution in [0.1, 0.15) is 18.5 Å². The second-order valence-corrected chi connectivity index (χ2v) is 6.72. The van der Waals surface area contributed by atoms with E-state index in [-0.39, 0.29) is 12.0 Å². The average Bonchev–Trinajstić information content (AvgIpc) is 3.09. The number of hydrogen-bond acceptors (Lipinski definition) is 5. The zero-order chi connectivity index (χ0) is 20.4. The first kappa shape index (κ1) is 18.8. The molecular weight excluding hydrogens is 372 g/mol. The van der Waals surface area contributed by atoms with Crippen LogP contribution in [0.3, 0.4) is 0 Å². The molecule has 8 heteroatoms. The number of carboxylic acids is 1. The van der Waals surface area contributed by atoms with Crippen LogP contribution in [0.25, 0.3) is 27.7 Å². The van der Waals surface area contributed by atoms with Crippen molar-refractivity contribution in [2.24, 2.45) is 0 Å². The third-order valence-electron chi connectivity index (χ3n) is 4.79. The van der Waals surface area contributed by atoms with Crippen molar-refractivity contribution in [3.63, 3.8) is 0 Å². The number of pyridine rings is 1. The van der Waals surface area contributed by atoms with Gasteiger partial charge in [-0.1, -0.05) is 30.3 Å². The smallest absolute Gasteiger partial charge is 0.303 e. The van der Waals surface area contributed by atoms with Crippen LogP contribution < -0.4 is 5.56 Å². The molecule has 0 atom stereocenters. The van der Waals surface area contributed by atoms with E-state index in [4.69, 9.17) is 9.84 Å². The van der Waals surface area contributed by atoms with E-state index < -0.39 is 5.97 Å². The Kier molecular flexibility index (Phi) is 5.09. The quantitative estimate of drug-likeness (QED) is 0.519. The highest BCUT2D eigenvalue weighted by atomic mass is 16.5. The number of aryl methyl sites for hydroxylation is 1. The van der Waals surface area contributed by atoms with Crippen LogP contribution in [-0.2, 0) is 22.7 Å². The van der Waals surface area contributed by atoms with Crippen molar-refractivity contribution in [2.75, 3.05) is 7.11 Å². The van der Waals surface area contributed by atoms with Crippen LogP contribution in [-0.4, -0.2) is 37.4 Å². The van der Waals surface area contributed by atoms with E-state index in [1.165, 1.54) is 4.57 Å². The van der Waals surface area contributed by atoms with Gasteiger partial charge in [-0.25, -0.2) is 9.50 Å². The van der Waals surface area contributed by atoms with Gasteiger partial charge in [0.1, 0.15) is 0 Å². The van der Waals surface area contributed by atoms with Gasteiger partial charge in [0.25, 0.3) is 5.56 Å². The summed E-state index contributed by atoms with van der Waals surface area (Å²) in [4.78, 5) is 28.1. The average molecular weight is 392 g/mol. The summed E-state index contributed by atoms with van der Waals surface area (Å²) >= 11 is 0. The van der Waals surface area contributed by atoms with Gasteiger partial charge in [0.15, 0.2) is 5.65 Å².